The molecular formula is C48H33N. The van der Waals surface area contributed by atoms with Crippen LogP contribution in [0.5, 0.6) is 0 Å². The zero-order valence-corrected chi connectivity index (χ0v) is 27.1. The quantitative estimate of drug-likeness (QED) is 0.172. The Labute approximate surface area is 287 Å². The van der Waals surface area contributed by atoms with Gasteiger partial charge in [0.1, 0.15) is 0 Å². The van der Waals surface area contributed by atoms with Gasteiger partial charge in [-0.2, -0.15) is 0 Å². The molecule has 0 heterocycles. The zero-order chi connectivity index (χ0) is 32.6. The highest BCUT2D eigenvalue weighted by molar-refractivity contribution is 6.01. The Kier molecular flexibility index (Phi) is 7.24. The molecule has 0 saturated carbocycles. The van der Waals surface area contributed by atoms with Gasteiger partial charge in [0.2, 0.25) is 0 Å². The van der Waals surface area contributed by atoms with Crippen LogP contribution in [0.25, 0.3) is 61.2 Å². The second-order valence-corrected chi connectivity index (χ2v) is 12.7. The summed E-state index contributed by atoms with van der Waals surface area (Å²) < 4.78 is 0. The van der Waals surface area contributed by atoms with E-state index in [9.17, 15) is 0 Å². The number of hydrogen-bond acceptors (Lipinski definition) is 1. The van der Waals surface area contributed by atoms with E-state index in [0.717, 1.165) is 23.4 Å². The third kappa shape index (κ3) is 5.43. The molecular weight excluding hydrogens is 591 g/mol. The van der Waals surface area contributed by atoms with E-state index in [2.05, 4.69) is 193 Å². The summed E-state index contributed by atoms with van der Waals surface area (Å²) in [6.45, 7) is 0. The number of rotatable bonds is 5. The highest BCUT2D eigenvalue weighted by Crippen LogP contribution is 2.42. The van der Waals surface area contributed by atoms with Gasteiger partial charge in [-0.25, -0.2) is 0 Å². The molecule has 1 nitrogen and oxygen atoms in total. The van der Waals surface area contributed by atoms with Crippen LogP contribution >= 0.6 is 0 Å². The van der Waals surface area contributed by atoms with Crippen molar-refractivity contribution < 1.29 is 0 Å². The lowest BCUT2D eigenvalue weighted by Gasteiger charge is -2.30. The van der Waals surface area contributed by atoms with Crippen molar-refractivity contribution in [2.75, 3.05) is 4.90 Å². The normalized spacial score (nSPS) is 13.6. The molecule has 1 heteroatoms. The number of fused-ring (bicyclic) bond motifs is 5. The van der Waals surface area contributed by atoms with Gasteiger partial charge in [-0.3, -0.25) is 0 Å². The summed E-state index contributed by atoms with van der Waals surface area (Å²) >= 11 is 0. The molecule has 49 heavy (non-hydrogen) atoms. The summed E-state index contributed by atoms with van der Waals surface area (Å²) in [6, 6.07) is 50.6. The molecule has 2 aliphatic carbocycles. The van der Waals surface area contributed by atoms with Crippen LogP contribution in [0.4, 0.5) is 11.4 Å². The maximum atomic E-state index is 3.41. The van der Waals surface area contributed by atoms with Crippen LogP contribution in [-0.4, -0.2) is 0 Å². The Bertz CT molecular complexity index is 2600. The minimum absolute atomic E-state index is 0.789. The Hall–Kier alpha value is -6.40. The van der Waals surface area contributed by atoms with E-state index in [1.165, 1.54) is 65.8 Å². The van der Waals surface area contributed by atoms with Crippen LogP contribution in [0.3, 0.4) is 0 Å². The molecule has 0 fully saturated rings. The molecule has 0 amide bonds. The van der Waals surface area contributed by atoms with Crippen LogP contribution in [0, 0.1) is 0 Å². The molecule has 0 radical (unpaired) electrons. The minimum atomic E-state index is 0.789. The van der Waals surface area contributed by atoms with Gasteiger partial charge in [0.05, 0.1) is 5.69 Å². The molecule has 0 spiro atoms. The number of nitrogens with zero attached hydrogens (tertiary/aromatic N) is 1. The first-order chi connectivity index (χ1) is 24.3. The third-order valence-electron chi connectivity index (χ3n) is 9.69. The van der Waals surface area contributed by atoms with Gasteiger partial charge in [0, 0.05) is 23.4 Å². The number of hydrogen-bond donors (Lipinski definition) is 0. The van der Waals surface area contributed by atoms with E-state index in [1.54, 1.807) is 0 Å². The first-order valence-electron chi connectivity index (χ1n) is 16.9. The van der Waals surface area contributed by atoms with Crippen LogP contribution in [0.2, 0.25) is 0 Å². The van der Waals surface area contributed by atoms with Crippen LogP contribution < -0.4 is 4.90 Å². The number of benzene rings is 7. The SMILES string of the molecule is C1=CC=Cc2c(c(N(C3=CC=C(c4ccc5ccccc5c4)C=CC3)c3ccc(-c4ccc5ccccc5c4)cc3)cc3ccccc23)C=1. The molecule has 7 aromatic carbocycles. The maximum absolute atomic E-state index is 3.41. The fourth-order valence-electron chi connectivity index (χ4n) is 7.20. The van der Waals surface area contributed by atoms with Crippen LogP contribution in [0.15, 0.2) is 187 Å². The topological polar surface area (TPSA) is 3.24 Å². The summed E-state index contributed by atoms with van der Waals surface area (Å²) in [7, 11) is 0. The van der Waals surface area contributed by atoms with Crippen LogP contribution in [-0.2, 0) is 0 Å². The summed E-state index contributed by atoms with van der Waals surface area (Å²) in [6.07, 6.45) is 18.4. The third-order valence-corrected chi connectivity index (χ3v) is 9.69. The number of anilines is 2. The summed E-state index contributed by atoms with van der Waals surface area (Å²) in [5.41, 5.74) is 14.1. The van der Waals surface area contributed by atoms with Gasteiger partial charge in [-0.15, -0.1) is 5.73 Å². The van der Waals surface area contributed by atoms with Crippen molar-refractivity contribution in [3.05, 3.63) is 204 Å². The molecule has 2 aliphatic rings. The van der Waals surface area contributed by atoms with E-state index in [-0.39, 0.29) is 0 Å². The van der Waals surface area contributed by atoms with Crippen molar-refractivity contribution in [3.8, 4) is 11.1 Å². The average molecular weight is 624 g/mol. The van der Waals surface area contributed by atoms with Crippen molar-refractivity contribution in [2.45, 2.75) is 6.42 Å². The van der Waals surface area contributed by atoms with Gasteiger partial charge in [0.25, 0.3) is 0 Å². The average Bonchev–Trinajstić information content (AvgIpc) is 3.57. The van der Waals surface area contributed by atoms with Gasteiger partial charge in [0.15, 0.2) is 0 Å². The van der Waals surface area contributed by atoms with E-state index < -0.39 is 0 Å². The molecule has 230 valence electrons. The lowest BCUT2D eigenvalue weighted by atomic mass is 9.95. The molecule has 0 bridgehead atoms. The minimum Gasteiger partial charge on any atom is -0.313 e. The van der Waals surface area contributed by atoms with Gasteiger partial charge >= 0.3 is 0 Å². The highest BCUT2D eigenvalue weighted by Gasteiger charge is 2.21. The van der Waals surface area contributed by atoms with Crippen molar-refractivity contribution in [3.63, 3.8) is 0 Å². The van der Waals surface area contributed by atoms with E-state index >= 15 is 0 Å². The van der Waals surface area contributed by atoms with E-state index in [4.69, 9.17) is 0 Å². The standard InChI is InChI=1S/C48H33N/c1-2-19-46-45-18-9-8-15-42(45)33-48(47(46)20-3-1)49(44-29-26-37(27-30-44)41-24-22-35-12-5-7-14-39(35)32-41)43-17-10-16-36(25-28-43)40-23-21-34-11-4-6-13-38(34)31-40/h1-2,4-16,18-33H,17H2. The summed E-state index contributed by atoms with van der Waals surface area (Å²) in [5.74, 6) is 0. The predicted octanol–water partition coefficient (Wildman–Crippen LogP) is 13.1. The maximum Gasteiger partial charge on any atom is 0.0549 e. The summed E-state index contributed by atoms with van der Waals surface area (Å²) in [5, 5.41) is 7.47. The predicted molar refractivity (Wildman–Crippen MR) is 211 cm³/mol. The lowest BCUT2D eigenvalue weighted by Crippen LogP contribution is -2.17. The van der Waals surface area contributed by atoms with Crippen molar-refractivity contribution in [1.82, 2.24) is 0 Å². The molecule has 7 aromatic rings. The Morgan fingerprint density at radius 3 is 1.94 bits per heavy atom. The van der Waals surface area contributed by atoms with E-state index in [0.29, 0.717) is 0 Å². The van der Waals surface area contributed by atoms with Gasteiger partial charge < -0.3 is 4.90 Å². The molecule has 9 rings (SSSR count). The van der Waals surface area contributed by atoms with Crippen molar-refractivity contribution in [1.29, 1.82) is 0 Å². The first-order valence-corrected chi connectivity index (χ1v) is 16.9. The van der Waals surface area contributed by atoms with Gasteiger partial charge in [-0.05, 0) is 109 Å². The van der Waals surface area contributed by atoms with Gasteiger partial charge in [-0.1, -0.05) is 140 Å². The Balaban J connectivity index is 1.20. The molecule has 0 aliphatic heterocycles. The van der Waals surface area contributed by atoms with Crippen molar-refractivity contribution in [2.24, 2.45) is 0 Å². The second-order valence-electron chi connectivity index (χ2n) is 12.7. The number of allylic oxidation sites excluding steroid dienone is 7. The Morgan fingerprint density at radius 2 is 1.16 bits per heavy atom. The Morgan fingerprint density at radius 1 is 0.510 bits per heavy atom. The molecule has 0 aromatic heterocycles. The fourth-order valence-corrected chi connectivity index (χ4v) is 7.20. The molecule has 0 atom stereocenters. The summed E-state index contributed by atoms with van der Waals surface area (Å²) in [4.78, 5) is 2.44. The van der Waals surface area contributed by atoms with Crippen molar-refractivity contribution >= 4 is 61.4 Å². The molecule has 0 unspecified atom stereocenters. The molecule has 0 N–H and O–H groups in total. The highest BCUT2D eigenvalue weighted by atomic mass is 15.1. The largest absolute Gasteiger partial charge is 0.313 e. The smallest absolute Gasteiger partial charge is 0.0549 e. The lowest BCUT2D eigenvalue weighted by molar-refractivity contribution is 1.08. The van der Waals surface area contributed by atoms with E-state index in [1.807, 2.05) is 6.08 Å². The molecule has 0 saturated heterocycles. The zero-order valence-electron chi connectivity index (χ0n) is 27.1. The first kappa shape index (κ1) is 28.8. The van der Waals surface area contributed by atoms with Crippen LogP contribution in [0.1, 0.15) is 23.1 Å². The second kappa shape index (κ2) is 12.3. The fraction of sp³-hybridized carbons (Fsp3) is 0.0208. The monoisotopic (exact) mass is 623 g/mol.